The molecule has 3 heterocycles. The second kappa shape index (κ2) is 5.92. The Morgan fingerprint density at radius 1 is 1.25 bits per heavy atom. The second-order valence-corrected chi connectivity index (χ2v) is 7.81. The number of nitrogens with zero attached hydrogens (tertiary/aromatic N) is 5. The fourth-order valence-electron chi connectivity index (χ4n) is 3.42. The first-order valence-electron chi connectivity index (χ1n) is 8.89. The summed E-state index contributed by atoms with van der Waals surface area (Å²) in [6.45, 7) is 15.2. The molecule has 3 rings (SSSR count). The summed E-state index contributed by atoms with van der Waals surface area (Å²) in [5.41, 5.74) is 1.21. The quantitative estimate of drug-likeness (QED) is 0.781. The van der Waals surface area contributed by atoms with E-state index in [1.165, 1.54) is 5.70 Å². The van der Waals surface area contributed by atoms with Gasteiger partial charge in [0, 0.05) is 43.0 Å². The van der Waals surface area contributed by atoms with Crippen LogP contribution in [0.5, 0.6) is 0 Å². The molecule has 1 fully saturated rings. The standard InChI is InChI=1S/C18H29N5O/c1-7-14-12-16(21-11-10-20(13(2)3)17(21)24)19-15-8-9-22(23(14)15)18(4,5)6/h8,12-13H,7,9-11H2,1-6H3. The number of hydrogen-bond acceptors (Lipinski definition) is 4. The maximum Gasteiger partial charge on any atom is 0.326 e. The SMILES string of the molecule is CCC1=CC(N2CCN(C(C)C)C2=O)=NC2=CCN(C(C)(C)C)N12. The number of fused-ring (bicyclic) bond motifs is 1. The lowest BCUT2D eigenvalue weighted by molar-refractivity contribution is -0.0157. The lowest BCUT2D eigenvalue weighted by Gasteiger charge is -2.42. The van der Waals surface area contributed by atoms with Gasteiger partial charge in [-0.05, 0) is 47.1 Å². The summed E-state index contributed by atoms with van der Waals surface area (Å²) in [6.07, 6.45) is 5.12. The van der Waals surface area contributed by atoms with Crippen LogP contribution < -0.4 is 0 Å². The molecule has 0 spiro atoms. The summed E-state index contributed by atoms with van der Waals surface area (Å²) in [5, 5.41) is 4.54. The average molecular weight is 331 g/mol. The molecule has 6 heteroatoms. The number of hydrazine groups is 1. The monoisotopic (exact) mass is 331 g/mol. The predicted octanol–water partition coefficient (Wildman–Crippen LogP) is 3.01. The van der Waals surface area contributed by atoms with Gasteiger partial charge in [0.25, 0.3) is 0 Å². The van der Waals surface area contributed by atoms with E-state index in [0.717, 1.165) is 31.2 Å². The van der Waals surface area contributed by atoms with Gasteiger partial charge in [0.05, 0.1) is 0 Å². The largest absolute Gasteiger partial charge is 0.326 e. The molecule has 0 aliphatic carbocycles. The molecule has 0 radical (unpaired) electrons. The summed E-state index contributed by atoms with van der Waals surface area (Å²) < 4.78 is 0. The molecular formula is C18H29N5O. The number of hydrogen-bond donors (Lipinski definition) is 0. The number of urea groups is 1. The molecule has 1 saturated heterocycles. The fraction of sp³-hybridized carbons (Fsp3) is 0.667. The third-order valence-electron chi connectivity index (χ3n) is 4.78. The molecule has 24 heavy (non-hydrogen) atoms. The predicted molar refractivity (Wildman–Crippen MR) is 96.1 cm³/mol. The van der Waals surface area contributed by atoms with E-state index in [-0.39, 0.29) is 17.6 Å². The van der Waals surface area contributed by atoms with Crippen LogP contribution in [0, 0.1) is 0 Å². The van der Waals surface area contributed by atoms with Crippen molar-refractivity contribution in [2.75, 3.05) is 19.6 Å². The molecule has 0 aromatic carbocycles. The van der Waals surface area contributed by atoms with E-state index < -0.39 is 0 Å². The van der Waals surface area contributed by atoms with Crippen LogP contribution in [0.4, 0.5) is 4.79 Å². The van der Waals surface area contributed by atoms with Crippen LogP contribution in [0.25, 0.3) is 0 Å². The zero-order valence-corrected chi connectivity index (χ0v) is 15.7. The molecule has 3 aliphatic rings. The van der Waals surface area contributed by atoms with Crippen molar-refractivity contribution >= 4 is 11.9 Å². The van der Waals surface area contributed by atoms with Crippen LogP contribution in [-0.4, -0.2) is 62.9 Å². The summed E-state index contributed by atoms with van der Waals surface area (Å²) in [4.78, 5) is 21.2. The van der Waals surface area contributed by atoms with Crippen LogP contribution >= 0.6 is 0 Å². The second-order valence-electron chi connectivity index (χ2n) is 7.81. The van der Waals surface area contributed by atoms with Crippen molar-refractivity contribution in [2.45, 2.75) is 59.5 Å². The van der Waals surface area contributed by atoms with Gasteiger partial charge in [-0.2, -0.15) is 0 Å². The van der Waals surface area contributed by atoms with Crippen molar-refractivity contribution in [3.05, 3.63) is 23.7 Å². The van der Waals surface area contributed by atoms with Crippen molar-refractivity contribution in [3.8, 4) is 0 Å². The minimum atomic E-state index is 0.0252. The third kappa shape index (κ3) is 2.73. The Labute approximate surface area is 145 Å². The molecule has 0 unspecified atom stereocenters. The smallest absolute Gasteiger partial charge is 0.320 e. The normalized spacial score (nSPS) is 22.2. The minimum absolute atomic E-state index is 0.0252. The molecular weight excluding hydrogens is 302 g/mol. The molecule has 0 saturated carbocycles. The van der Waals surface area contributed by atoms with E-state index in [2.05, 4.69) is 63.7 Å². The van der Waals surface area contributed by atoms with Crippen molar-refractivity contribution in [1.82, 2.24) is 19.8 Å². The van der Waals surface area contributed by atoms with Crippen LogP contribution in [-0.2, 0) is 0 Å². The number of amidine groups is 1. The highest BCUT2D eigenvalue weighted by Crippen LogP contribution is 2.34. The molecule has 0 bridgehead atoms. The van der Waals surface area contributed by atoms with Crippen LogP contribution in [0.1, 0.15) is 48.0 Å². The molecule has 0 aromatic heterocycles. The average Bonchev–Trinajstić information content (AvgIpc) is 3.08. The van der Waals surface area contributed by atoms with Crippen LogP contribution in [0.3, 0.4) is 0 Å². The lowest BCUT2D eigenvalue weighted by atomic mass is 10.1. The van der Waals surface area contributed by atoms with Crippen molar-refractivity contribution < 1.29 is 4.79 Å². The van der Waals surface area contributed by atoms with E-state index in [0.29, 0.717) is 6.54 Å². The van der Waals surface area contributed by atoms with E-state index in [4.69, 9.17) is 4.99 Å². The summed E-state index contributed by atoms with van der Waals surface area (Å²) in [7, 11) is 0. The highest BCUT2D eigenvalue weighted by Gasteiger charge is 2.39. The number of rotatable bonds is 2. The Morgan fingerprint density at radius 3 is 2.50 bits per heavy atom. The van der Waals surface area contributed by atoms with Gasteiger partial charge in [-0.3, -0.25) is 9.91 Å². The first-order chi connectivity index (χ1) is 11.2. The number of carbonyl (C=O) groups is 1. The zero-order chi connectivity index (χ0) is 17.6. The fourth-order valence-corrected chi connectivity index (χ4v) is 3.42. The minimum Gasteiger partial charge on any atom is -0.320 e. The van der Waals surface area contributed by atoms with Gasteiger partial charge in [-0.25, -0.2) is 14.8 Å². The molecule has 0 atom stereocenters. The Bertz CT molecular complexity index is 626. The number of carbonyl (C=O) groups excluding carboxylic acids is 1. The summed E-state index contributed by atoms with van der Waals surface area (Å²) >= 11 is 0. The zero-order valence-electron chi connectivity index (χ0n) is 15.7. The Balaban J connectivity index is 1.89. The third-order valence-corrected chi connectivity index (χ3v) is 4.78. The van der Waals surface area contributed by atoms with E-state index in [1.54, 1.807) is 0 Å². The van der Waals surface area contributed by atoms with Gasteiger partial charge < -0.3 is 4.90 Å². The van der Waals surface area contributed by atoms with Gasteiger partial charge in [0.1, 0.15) is 11.7 Å². The van der Waals surface area contributed by atoms with Crippen molar-refractivity contribution in [2.24, 2.45) is 4.99 Å². The van der Waals surface area contributed by atoms with Crippen molar-refractivity contribution in [1.29, 1.82) is 0 Å². The Morgan fingerprint density at radius 2 is 1.96 bits per heavy atom. The lowest BCUT2D eigenvalue weighted by Crippen LogP contribution is -2.50. The summed E-state index contributed by atoms with van der Waals surface area (Å²) in [6, 6.07) is 0.287. The van der Waals surface area contributed by atoms with Crippen LogP contribution in [0.15, 0.2) is 28.7 Å². The van der Waals surface area contributed by atoms with Gasteiger partial charge in [0.15, 0.2) is 0 Å². The van der Waals surface area contributed by atoms with E-state index >= 15 is 0 Å². The maximum atomic E-state index is 12.7. The van der Waals surface area contributed by atoms with Gasteiger partial charge in [-0.1, -0.05) is 6.92 Å². The highest BCUT2D eigenvalue weighted by atomic mass is 16.2. The molecule has 0 aromatic rings. The van der Waals surface area contributed by atoms with Gasteiger partial charge in [0.2, 0.25) is 0 Å². The molecule has 6 nitrogen and oxygen atoms in total. The van der Waals surface area contributed by atoms with Crippen LogP contribution in [0.2, 0.25) is 0 Å². The van der Waals surface area contributed by atoms with E-state index in [1.807, 2.05) is 9.80 Å². The first kappa shape index (κ1) is 17.0. The van der Waals surface area contributed by atoms with Gasteiger partial charge >= 0.3 is 6.03 Å². The maximum absolute atomic E-state index is 12.7. The topological polar surface area (TPSA) is 42.4 Å². The molecule has 0 N–H and O–H groups in total. The summed E-state index contributed by atoms with van der Waals surface area (Å²) in [5.74, 6) is 1.72. The Hall–Kier alpha value is -1.82. The number of aliphatic imine (C=N–C) groups is 1. The molecule has 132 valence electrons. The number of allylic oxidation sites excluding steroid dienone is 1. The molecule has 3 aliphatic heterocycles. The number of amides is 2. The van der Waals surface area contributed by atoms with E-state index in [9.17, 15) is 4.79 Å². The Kier molecular flexibility index (Phi) is 4.20. The van der Waals surface area contributed by atoms with Gasteiger partial charge in [-0.15, -0.1) is 0 Å². The first-order valence-corrected chi connectivity index (χ1v) is 8.89. The molecule has 2 amide bonds. The highest BCUT2D eigenvalue weighted by molar-refractivity contribution is 6.06. The van der Waals surface area contributed by atoms with Crippen molar-refractivity contribution in [3.63, 3.8) is 0 Å².